The van der Waals surface area contributed by atoms with E-state index in [-0.39, 0.29) is 18.1 Å². The standard InChI is InChI=1S/C16H15NO2/c18-15(14-9-5-2-6-10-14)11-16(19)17-12-13-7-3-1-4-8-13/h1-10H,11-12H2,(H,17,19). The summed E-state index contributed by atoms with van der Waals surface area (Å²) < 4.78 is 0. The van der Waals surface area contributed by atoms with Gasteiger partial charge in [-0.1, -0.05) is 60.7 Å². The molecule has 0 bridgehead atoms. The van der Waals surface area contributed by atoms with Crippen LogP contribution >= 0.6 is 0 Å². The number of benzene rings is 2. The van der Waals surface area contributed by atoms with Crippen LogP contribution in [0.2, 0.25) is 0 Å². The van der Waals surface area contributed by atoms with Crippen molar-refractivity contribution < 1.29 is 9.59 Å². The van der Waals surface area contributed by atoms with Crippen molar-refractivity contribution in [3.63, 3.8) is 0 Å². The number of rotatable bonds is 5. The predicted molar refractivity (Wildman–Crippen MR) is 73.7 cm³/mol. The Kier molecular flexibility index (Phi) is 4.45. The van der Waals surface area contributed by atoms with Gasteiger partial charge in [0.15, 0.2) is 5.78 Å². The van der Waals surface area contributed by atoms with Crippen LogP contribution in [-0.4, -0.2) is 11.7 Å². The van der Waals surface area contributed by atoms with E-state index in [0.29, 0.717) is 12.1 Å². The van der Waals surface area contributed by atoms with Crippen molar-refractivity contribution in [2.75, 3.05) is 0 Å². The fraction of sp³-hybridized carbons (Fsp3) is 0.125. The van der Waals surface area contributed by atoms with Crippen molar-refractivity contribution in [3.8, 4) is 0 Å². The van der Waals surface area contributed by atoms with Crippen LogP contribution < -0.4 is 5.32 Å². The first kappa shape index (κ1) is 13.0. The fourth-order valence-corrected chi connectivity index (χ4v) is 1.73. The van der Waals surface area contributed by atoms with Crippen molar-refractivity contribution >= 4 is 11.7 Å². The minimum absolute atomic E-state index is 0.114. The van der Waals surface area contributed by atoms with Crippen LogP contribution in [-0.2, 0) is 11.3 Å². The highest BCUT2D eigenvalue weighted by molar-refractivity contribution is 6.07. The van der Waals surface area contributed by atoms with Crippen molar-refractivity contribution in [3.05, 3.63) is 71.8 Å². The molecule has 0 fully saturated rings. The summed E-state index contributed by atoms with van der Waals surface area (Å²) in [6.07, 6.45) is -0.114. The summed E-state index contributed by atoms with van der Waals surface area (Å²) in [7, 11) is 0. The maximum absolute atomic E-state index is 11.8. The molecule has 0 aliphatic heterocycles. The zero-order chi connectivity index (χ0) is 13.5. The Hall–Kier alpha value is -2.42. The van der Waals surface area contributed by atoms with E-state index in [0.717, 1.165) is 5.56 Å². The van der Waals surface area contributed by atoms with Gasteiger partial charge >= 0.3 is 0 Å². The van der Waals surface area contributed by atoms with E-state index in [1.165, 1.54) is 0 Å². The summed E-state index contributed by atoms with van der Waals surface area (Å²) >= 11 is 0. The lowest BCUT2D eigenvalue weighted by Crippen LogP contribution is -2.25. The smallest absolute Gasteiger partial charge is 0.228 e. The van der Waals surface area contributed by atoms with Crippen LogP contribution in [0, 0.1) is 0 Å². The summed E-state index contributed by atoms with van der Waals surface area (Å²) in [4.78, 5) is 23.5. The molecule has 2 aromatic carbocycles. The Bertz CT molecular complexity index is 549. The van der Waals surface area contributed by atoms with Crippen molar-refractivity contribution in [2.45, 2.75) is 13.0 Å². The molecule has 2 rings (SSSR count). The third kappa shape index (κ3) is 4.07. The first-order valence-corrected chi connectivity index (χ1v) is 6.14. The minimum atomic E-state index is -0.252. The van der Waals surface area contributed by atoms with Gasteiger partial charge in [0.2, 0.25) is 5.91 Å². The van der Waals surface area contributed by atoms with Gasteiger partial charge in [-0.05, 0) is 5.56 Å². The third-order valence-electron chi connectivity index (χ3n) is 2.75. The van der Waals surface area contributed by atoms with Gasteiger partial charge < -0.3 is 5.32 Å². The highest BCUT2D eigenvalue weighted by atomic mass is 16.2. The van der Waals surface area contributed by atoms with Crippen LogP contribution in [0.1, 0.15) is 22.3 Å². The van der Waals surface area contributed by atoms with Crippen molar-refractivity contribution in [1.82, 2.24) is 5.32 Å². The predicted octanol–water partition coefficient (Wildman–Crippen LogP) is 2.58. The van der Waals surface area contributed by atoms with E-state index in [2.05, 4.69) is 5.32 Å². The second-order valence-electron chi connectivity index (χ2n) is 4.23. The van der Waals surface area contributed by atoms with E-state index in [4.69, 9.17) is 0 Å². The van der Waals surface area contributed by atoms with Crippen molar-refractivity contribution in [2.24, 2.45) is 0 Å². The summed E-state index contributed by atoms with van der Waals surface area (Å²) in [6.45, 7) is 0.446. The Balaban J connectivity index is 1.83. The average molecular weight is 253 g/mol. The molecule has 3 heteroatoms. The molecular weight excluding hydrogens is 238 g/mol. The summed E-state index contributed by atoms with van der Waals surface area (Å²) in [5, 5.41) is 2.74. The normalized spacial score (nSPS) is 9.89. The molecule has 1 amide bonds. The van der Waals surface area contributed by atoms with Crippen LogP contribution in [0.5, 0.6) is 0 Å². The maximum atomic E-state index is 11.8. The van der Waals surface area contributed by atoms with Gasteiger partial charge in [-0.3, -0.25) is 9.59 Å². The Morgan fingerprint density at radius 1 is 0.842 bits per heavy atom. The molecule has 0 aromatic heterocycles. The quantitative estimate of drug-likeness (QED) is 0.657. The molecular formula is C16H15NO2. The summed E-state index contributed by atoms with van der Waals surface area (Å²) in [6, 6.07) is 18.5. The van der Waals surface area contributed by atoms with E-state index in [1.54, 1.807) is 24.3 Å². The lowest BCUT2D eigenvalue weighted by Gasteiger charge is -2.05. The molecule has 0 radical (unpaired) electrons. The molecule has 0 atom stereocenters. The van der Waals surface area contributed by atoms with Crippen molar-refractivity contribution in [1.29, 1.82) is 0 Å². The molecule has 0 unspecified atom stereocenters. The second kappa shape index (κ2) is 6.50. The third-order valence-corrected chi connectivity index (χ3v) is 2.75. The number of carbonyl (C=O) groups excluding carboxylic acids is 2. The Morgan fingerprint density at radius 2 is 1.42 bits per heavy atom. The van der Waals surface area contributed by atoms with Gasteiger partial charge in [0.05, 0.1) is 6.42 Å². The number of carbonyl (C=O) groups is 2. The lowest BCUT2D eigenvalue weighted by atomic mass is 10.1. The minimum Gasteiger partial charge on any atom is -0.352 e. The van der Waals surface area contributed by atoms with E-state index < -0.39 is 0 Å². The molecule has 0 saturated heterocycles. The lowest BCUT2D eigenvalue weighted by molar-refractivity contribution is -0.120. The monoisotopic (exact) mass is 253 g/mol. The summed E-state index contributed by atoms with van der Waals surface area (Å²) in [5.74, 6) is -0.413. The van der Waals surface area contributed by atoms with Crippen LogP contribution in [0.25, 0.3) is 0 Å². The van der Waals surface area contributed by atoms with E-state index in [9.17, 15) is 9.59 Å². The Morgan fingerprint density at radius 3 is 2.05 bits per heavy atom. The molecule has 0 saturated carbocycles. The van der Waals surface area contributed by atoms with Crippen LogP contribution in [0.4, 0.5) is 0 Å². The maximum Gasteiger partial charge on any atom is 0.228 e. The topological polar surface area (TPSA) is 46.2 Å². The molecule has 19 heavy (non-hydrogen) atoms. The van der Waals surface area contributed by atoms with Crippen LogP contribution in [0.15, 0.2) is 60.7 Å². The molecule has 3 nitrogen and oxygen atoms in total. The van der Waals surface area contributed by atoms with Gasteiger partial charge in [0, 0.05) is 12.1 Å². The number of hydrogen-bond donors (Lipinski definition) is 1. The first-order chi connectivity index (χ1) is 9.25. The second-order valence-corrected chi connectivity index (χ2v) is 4.23. The number of nitrogens with one attached hydrogen (secondary N) is 1. The van der Waals surface area contributed by atoms with Gasteiger partial charge in [-0.2, -0.15) is 0 Å². The number of Topliss-reactive ketones (excluding diaryl/α,β-unsaturated/α-hetero) is 1. The van der Waals surface area contributed by atoms with E-state index in [1.807, 2.05) is 36.4 Å². The number of hydrogen-bond acceptors (Lipinski definition) is 2. The number of amides is 1. The zero-order valence-electron chi connectivity index (χ0n) is 10.5. The number of ketones is 1. The van der Waals surface area contributed by atoms with Crippen LogP contribution in [0.3, 0.4) is 0 Å². The fourth-order valence-electron chi connectivity index (χ4n) is 1.73. The molecule has 0 heterocycles. The SMILES string of the molecule is O=C(CC(=O)c1ccccc1)NCc1ccccc1. The highest BCUT2D eigenvalue weighted by Crippen LogP contribution is 2.03. The zero-order valence-corrected chi connectivity index (χ0v) is 10.5. The summed E-state index contributed by atoms with van der Waals surface area (Å²) in [5.41, 5.74) is 1.58. The largest absolute Gasteiger partial charge is 0.352 e. The first-order valence-electron chi connectivity index (χ1n) is 6.14. The average Bonchev–Trinajstić information content (AvgIpc) is 2.47. The molecule has 0 aliphatic carbocycles. The van der Waals surface area contributed by atoms with Gasteiger partial charge in [-0.15, -0.1) is 0 Å². The molecule has 0 aliphatic rings. The van der Waals surface area contributed by atoms with E-state index >= 15 is 0 Å². The van der Waals surface area contributed by atoms with Gasteiger partial charge in [0.25, 0.3) is 0 Å². The molecule has 96 valence electrons. The Labute approximate surface area is 112 Å². The highest BCUT2D eigenvalue weighted by Gasteiger charge is 2.10. The van der Waals surface area contributed by atoms with Gasteiger partial charge in [0.1, 0.15) is 0 Å². The molecule has 2 aromatic rings. The van der Waals surface area contributed by atoms with Gasteiger partial charge in [-0.25, -0.2) is 0 Å². The molecule has 0 spiro atoms. The molecule has 1 N–H and O–H groups in total.